The first-order valence-electron chi connectivity index (χ1n) is 8.77. The van der Waals surface area contributed by atoms with Crippen LogP contribution in [0.5, 0.6) is 0 Å². The molecule has 0 radical (unpaired) electrons. The molecule has 1 saturated heterocycles. The first kappa shape index (κ1) is 14.2. The fourth-order valence-electron chi connectivity index (χ4n) is 3.96. The van der Waals surface area contributed by atoms with Crippen molar-refractivity contribution in [3.05, 3.63) is 42.4 Å². The molecule has 1 saturated carbocycles. The molecule has 2 aromatic rings. The van der Waals surface area contributed by atoms with Gasteiger partial charge in [0.25, 0.3) is 0 Å². The highest BCUT2D eigenvalue weighted by Gasteiger charge is 2.46. The molecule has 5 heteroatoms. The van der Waals surface area contributed by atoms with E-state index in [1.54, 1.807) is 0 Å². The van der Waals surface area contributed by atoms with Crippen LogP contribution in [-0.4, -0.2) is 39.0 Å². The molecular weight excluding hydrogens is 302 g/mol. The molecular formula is C19H21N3O2. The van der Waals surface area contributed by atoms with Gasteiger partial charge in [0, 0.05) is 12.5 Å². The molecule has 3 heterocycles. The summed E-state index contributed by atoms with van der Waals surface area (Å²) in [5.41, 5.74) is 2.07. The summed E-state index contributed by atoms with van der Waals surface area (Å²) in [7, 11) is 0. The summed E-state index contributed by atoms with van der Waals surface area (Å²) < 4.78 is 8.49. The maximum Gasteiger partial charge on any atom is 0.225 e. The molecule has 124 valence electrons. The van der Waals surface area contributed by atoms with Crippen molar-refractivity contribution in [3.63, 3.8) is 0 Å². The Morgan fingerprint density at radius 1 is 1.21 bits per heavy atom. The first-order chi connectivity index (χ1) is 11.7. The van der Waals surface area contributed by atoms with Gasteiger partial charge in [0.15, 0.2) is 0 Å². The second kappa shape index (κ2) is 5.18. The van der Waals surface area contributed by atoms with Crippen molar-refractivity contribution in [2.45, 2.75) is 38.0 Å². The van der Waals surface area contributed by atoms with E-state index in [1.807, 2.05) is 17.2 Å². The lowest BCUT2D eigenvalue weighted by molar-refractivity contribution is -0.134. The Balaban J connectivity index is 1.42. The maximum absolute atomic E-state index is 12.4. The van der Waals surface area contributed by atoms with Crippen molar-refractivity contribution >= 4 is 5.91 Å². The monoisotopic (exact) mass is 323 g/mol. The van der Waals surface area contributed by atoms with Gasteiger partial charge in [-0.15, -0.1) is 0 Å². The standard InChI is InChI=1S/C19H21N3O2/c23-18(15-6-7-15)21-9-8-19(12-21)13-22-16(10-20-17(22)11-24-19)14-4-2-1-3-5-14/h1-5,10,15H,6-9,11-13H2/t19-/m1/s1. The van der Waals surface area contributed by atoms with E-state index in [9.17, 15) is 4.79 Å². The van der Waals surface area contributed by atoms with Crippen LogP contribution in [-0.2, 0) is 22.7 Å². The number of likely N-dealkylation sites (tertiary alicyclic amines) is 1. The fraction of sp³-hybridized carbons (Fsp3) is 0.474. The number of ether oxygens (including phenoxy) is 1. The van der Waals surface area contributed by atoms with E-state index in [0.717, 1.165) is 43.9 Å². The van der Waals surface area contributed by atoms with E-state index in [4.69, 9.17) is 4.74 Å². The van der Waals surface area contributed by atoms with E-state index in [1.165, 1.54) is 5.56 Å². The summed E-state index contributed by atoms with van der Waals surface area (Å²) in [5.74, 6) is 1.59. The number of carbonyl (C=O) groups excluding carboxylic acids is 1. The van der Waals surface area contributed by atoms with Crippen molar-refractivity contribution < 1.29 is 9.53 Å². The molecule has 1 aliphatic carbocycles. The molecule has 24 heavy (non-hydrogen) atoms. The van der Waals surface area contributed by atoms with E-state index in [2.05, 4.69) is 33.8 Å². The minimum atomic E-state index is -0.248. The molecule has 5 nitrogen and oxygen atoms in total. The highest BCUT2D eigenvalue weighted by molar-refractivity contribution is 5.81. The largest absolute Gasteiger partial charge is 0.363 e. The molecule has 2 fully saturated rings. The van der Waals surface area contributed by atoms with Crippen molar-refractivity contribution in [3.8, 4) is 11.3 Å². The third-order valence-corrected chi connectivity index (χ3v) is 5.52. The Labute approximate surface area is 141 Å². The summed E-state index contributed by atoms with van der Waals surface area (Å²) in [6.45, 7) is 2.84. The van der Waals surface area contributed by atoms with Gasteiger partial charge in [-0.05, 0) is 24.8 Å². The summed E-state index contributed by atoms with van der Waals surface area (Å²) >= 11 is 0. The van der Waals surface area contributed by atoms with Gasteiger partial charge in [-0.1, -0.05) is 30.3 Å². The molecule has 1 atom stereocenters. The average molecular weight is 323 g/mol. The van der Waals surface area contributed by atoms with Crippen LogP contribution in [0.4, 0.5) is 0 Å². The summed E-state index contributed by atoms with van der Waals surface area (Å²) in [4.78, 5) is 18.9. The summed E-state index contributed by atoms with van der Waals surface area (Å²) in [5, 5.41) is 0. The summed E-state index contributed by atoms with van der Waals surface area (Å²) in [6, 6.07) is 10.4. The summed E-state index contributed by atoms with van der Waals surface area (Å²) in [6.07, 6.45) is 4.98. The van der Waals surface area contributed by atoms with Crippen LogP contribution >= 0.6 is 0 Å². The maximum atomic E-state index is 12.4. The van der Waals surface area contributed by atoms with Crippen molar-refractivity contribution in [1.82, 2.24) is 14.5 Å². The zero-order valence-corrected chi connectivity index (χ0v) is 13.6. The second-order valence-corrected chi connectivity index (χ2v) is 7.27. The van der Waals surface area contributed by atoms with Gasteiger partial charge in [-0.2, -0.15) is 0 Å². The molecule has 1 aromatic carbocycles. The van der Waals surface area contributed by atoms with Gasteiger partial charge in [0.1, 0.15) is 18.0 Å². The minimum Gasteiger partial charge on any atom is -0.363 e. The van der Waals surface area contributed by atoms with E-state index < -0.39 is 0 Å². The Kier molecular flexibility index (Phi) is 3.07. The predicted octanol–water partition coefficient (Wildman–Crippen LogP) is 2.46. The Morgan fingerprint density at radius 3 is 2.83 bits per heavy atom. The minimum absolute atomic E-state index is 0.248. The number of rotatable bonds is 2. The number of aromatic nitrogens is 2. The second-order valence-electron chi connectivity index (χ2n) is 7.27. The lowest BCUT2D eigenvalue weighted by Crippen LogP contribution is -2.45. The Morgan fingerprint density at radius 2 is 2.04 bits per heavy atom. The van der Waals surface area contributed by atoms with Crippen LogP contribution in [0.15, 0.2) is 36.5 Å². The number of amides is 1. The van der Waals surface area contributed by atoms with Crippen LogP contribution in [0.3, 0.4) is 0 Å². The van der Waals surface area contributed by atoms with Gasteiger partial charge in [-0.3, -0.25) is 4.79 Å². The van der Waals surface area contributed by atoms with Crippen molar-refractivity contribution in [2.75, 3.05) is 13.1 Å². The third-order valence-electron chi connectivity index (χ3n) is 5.52. The molecule has 1 spiro atoms. The topological polar surface area (TPSA) is 47.4 Å². The zero-order valence-electron chi connectivity index (χ0n) is 13.6. The Hall–Kier alpha value is -2.14. The SMILES string of the molecule is O=C(C1CC1)N1CC[C@@]2(C1)Cn1c(-c3ccccc3)cnc1CO2. The van der Waals surface area contributed by atoms with E-state index >= 15 is 0 Å². The molecule has 0 bridgehead atoms. The third kappa shape index (κ3) is 2.26. The van der Waals surface area contributed by atoms with Crippen LogP contribution < -0.4 is 0 Å². The normalized spacial score (nSPS) is 25.9. The first-order valence-corrected chi connectivity index (χ1v) is 8.77. The lowest BCUT2D eigenvalue weighted by Gasteiger charge is -2.35. The van der Waals surface area contributed by atoms with Gasteiger partial charge in [0.05, 0.1) is 25.0 Å². The molecule has 3 aliphatic rings. The molecule has 2 aliphatic heterocycles. The Bertz CT molecular complexity index is 781. The van der Waals surface area contributed by atoms with E-state index in [0.29, 0.717) is 19.1 Å². The number of benzene rings is 1. The van der Waals surface area contributed by atoms with Crippen LogP contribution in [0, 0.1) is 5.92 Å². The number of fused-ring (bicyclic) bond motifs is 1. The highest BCUT2D eigenvalue weighted by Crippen LogP contribution is 2.38. The van der Waals surface area contributed by atoms with Gasteiger partial charge >= 0.3 is 0 Å². The molecule has 5 rings (SSSR count). The number of nitrogens with zero attached hydrogens (tertiary/aromatic N) is 3. The number of hydrogen-bond donors (Lipinski definition) is 0. The molecule has 0 unspecified atom stereocenters. The zero-order chi connectivity index (χ0) is 16.1. The van der Waals surface area contributed by atoms with Gasteiger partial charge in [-0.25, -0.2) is 4.98 Å². The number of carbonyl (C=O) groups is 1. The van der Waals surface area contributed by atoms with Crippen LogP contribution in [0.25, 0.3) is 11.3 Å². The lowest BCUT2D eigenvalue weighted by atomic mass is 10.0. The number of imidazole rings is 1. The molecule has 1 amide bonds. The predicted molar refractivity (Wildman–Crippen MR) is 89.1 cm³/mol. The van der Waals surface area contributed by atoms with Crippen LogP contribution in [0.2, 0.25) is 0 Å². The highest BCUT2D eigenvalue weighted by atomic mass is 16.5. The van der Waals surface area contributed by atoms with Gasteiger partial charge < -0.3 is 14.2 Å². The quantitative estimate of drug-likeness (QED) is 0.853. The number of hydrogen-bond acceptors (Lipinski definition) is 3. The molecule has 1 aromatic heterocycles. The van der Waals surface area contributed by atoms with Crippen LogP contribution in [0.1, 0.15) is 25.1 Å². The van der Waals surface area contributed by atoms with Crippen molar-refractivity contribution in [1.29, 1.82) is 0 Å². The average Bonchev–Trinajstić information content (AvgIpc) is 3.27. The fourth-order valence-corrected chi connectivity index (χ4v) is 3.96. The van der Waals surface area contributed by atoms with E-state index in [-0.39, 0.29) is 11.5 Å². The van der Waals surface area contributed by atoms with Gasteiger partial charge in [0.2, 0.25) is 5.91 Å². The van der Waals surface area contributed by atoms with Crippen molar-refractivity contribution in [2.24, 2.45) is 5.92 Å². The molecule has 0 N–H and O–H groups in total. The smallest absolute Gasteiger partial charge is 0.225 e.